The molecule has 48 heavy (non-hydrogen) atoms. The lowest BCUT2D eigenvalue weighted by molar-refractivity contribution is -0.167. The van der Waals surface area contributed by atoms with E-state index >= 15 is 0 Å². The summed E-state index contributed by atoms with van der Waals surface area (Å²) in [5.41, 5.74) is 6.70. The van der Waals surface area contributed by atoms with E-state index in [1.807, 2.05) is 0 Å². The number of nitrogens with one attached hydrogen (secondary N) is 2. The minimum atomic E-state index is -5.23. The summed E-state index contributed by atoms with van der Waals surface area (Å²) >= 11 is 0. The number of alkyl halides is 3. The summed E-state index contributed by atoms with van der Waals surface area (Å²) in [6.45, 7) is 1.98. The van der Waals surface area contributed by atoms with Crippen molar-refractivity contribution in [1.29, 1.82) is 0 Å². The van der Waals surface area contributed by atoms with E-state index in [1.54, 1.807) is 95.6 Å². The lowest BCUT2D eigenvalue weighted by atomic mass is 10.0. The second-order valence-corrected chi connectivity index (χ2v) is 10.5. The number of carbonyl (C=O) groups excluding carboxylic acids is 4. The molecule has 13 heteroatoms. The predicted molar refractivity (Wildman–Crippen MR) is 171 cm³/mol. The van der Waals surface area contributed by atoms with Crippen molar-refractivity contribution in [2.24, 2.45) is 5.73 Å². The maximum atomic E-state index is 14.1. The number of rotatable bonds is 11. The number of anilines is 2. The Morgan fingerprint density at radius 3 is 2.33 bits per heavy atom. The van der Waals surface area contributed by atoms with Crippen LogP contribution in [0.15, 0.2) is 97.2 Å². The number of ether oxygens (including phenoxy) is 2. The fourth-order valence-electron chi connectivity index (χ4n) is 4.95. The monoisotopic (exact) mass is 658 g/mol. The molecule has 0 spiro atoms. The third kappa shape index (κ3) is 7.37. The van der Waals surface area contributed by atoms with Gasteiger partial charge in [-0.15, -0.1) is 0 Å². The summed E-state index contributed by atoms with van der Waals surface area (Å²) in [7, 11) is 0. The van der Waals surface area contributed by atoms with Crippen LogP contribution in [0.1, 0.15) is 47.9 Å². The first-order valence-electron chi connectivity index (χ1n) is 14.6. The number of halogens is 3. The standard InChI is InChI=1S/C35H29F3N4O6/c1-21-29(41-32(44)24-10-7-11-25(18-24)47-17-15-39)28-12-5-6-16-42(28)30(21)31(43)23-13-14-27(40-34(46)35(36,37)38)26(19-23)33(45)48-20-22-8-3-2-4-9-22/h2-14,16,18-19H,15,17,20,39H2,1H3,(H,40,46)(H,41,44). The van der Waals surface area contributed by atoms with Gasteiger partial charge in [0, 0.05) is 29.4 Å². The van der Waals surface area contributed by atoms with E-state index in [4.69, 9.17) is 15.2 Å². The molecule has 0 radical (unpaired) electrons. The Morgan fingerprint density at radius 1 is 0.854 bits per heavy atom. The lowest BCUT2D eigenvalue weighted by Gasteiger charge is -2.14. The van der Waals surface area contributed by atoms with Crippen molar-refractivity contribution in [3.05, 3.63) is 131 Å². The lowest BCUT2D eigenvalue weighted by Crippen LogP contribution is -2.30. The van der Waals surface area contributed by atoms with Gasteiger partial charge < -0.3 is 30.2 Å². The summed E-state index contributed by atoms with van der Waals surface area (Å²) in [6, 6.07) is 23.4. The number of pyridine rings is 1. The van der Waals surface area contributed by atoms with Crippen LogP contribution >= 0.6 is 0 Å². The van der Waals surface area contributed by atoms with Crippen LogP contribution in [-0.2, 0) is 16.1 Å². The molecule has 5 aromatic rings. The molecule has 246 valence electrons. The number of esters is 1. The van der Waals surface area contributed by atoms with Crippen molar-refractivity contribution in [3.8, 4) is 5.75 Å². The van der Waals surface area contributed by atoms with E-state index in [1.165, 1.54) is 6.07 Å². The van der Waals surface area contributed by atoms with E-state index in [9.17, 15) is 32.3 Å². The average Bonchev–Trinajstić information content (AvgIpc) is 3.36. The van der Waals surface area contributed by atoms with E-state index in [0.717, 1.165) is 12.1 Å². The molecule has 0 bridgehead atoms. The average molecular weight is 659 g/mol. The number of carbonyl (C=O) groups is 4. The number of amides is 2. The molecule has 0 saturated heterocycles. The Hall–Kier alpha value is -5.95. The summed E-state index contributed by atoms with van der Waals surface area (Å²) in [6.07, 6.45) is -3.62. The minimum absolute atomic E-state index is 0.0827. The van der Waals surface area contributed by atoms with Crippen molar-refractivity contribution >= 4 is 40.5 Å². The largest absolute Gasteiger partial charge is 0.492 e. The number of fused-ring (bicyclic) bond motifs is 1. The minimum Gasteiger partial charge on any atom is -0.492 e. The van der Waals surface area contributed by atoms with Crippen molar-refractivity contribution in [2.45, 2.75) is 19.7 Å². The molecule has 4 N–H and O–H groups in total. The van der Waals surface area contributed by atoms with Gasteiger partial charge in [-0.3, -0.25) is 14.4 Å². The number of hydrogen-bond acceptors (Lipinski definition) is 7. The molecule has 2 aromatic heterocycles. The maximum absolute atomic E-state index is 14.1. The highest BCUT2D eigenvalue weighted by molar-refractivity contribution is 6.15. The first-order chi connectivity index (χ1) is 23.0. The fourth-order valence-corrected chi connectivity index (χ4v) is 4.95. The van der Waals surface area contributed by atoms with Gasteiger partial charge in [-0.25, -0.2) is 4.79 Å². The first kappa shape index (κ1) is 33.4. The first-order valence-corrected chi connectivity index (χ1v) is 14.6. The van der Waals surface area contributed by atoms with Crippen LogP contribution in [0.2, 0.25) is 0 Å². The quantitative estimate of drug-likeness (QED) is 0.118. The molecule has 2 amide bonds. The molecule has 10 nitrogen and oxygen atoms in total. The molecule has 2 heterocycles. The molecule has 0 aliphatic rings. The molecule has 0 fully saturated rings. The van der Waals surface area contributed by atoms with Crippen LogP contribution in [0.4, 0.5) is 24.5 Å². The second-order valence-electron chi connectivity index (χ2n) is 10.5. The Labute approximate surface area is 272 Å². The summed E-state index contributed by atoms with van der Waals surface area (Å²) < 4.78 is 51.7. The summed E-state index contributed by atoms with van der Waals surface area (Å²) in [4.78, 5) is 52.3. The molecule has 0 aliphatic heterocycles. The zero-order valence-corrected chi connectivity index (χ0v) is 25.5. The topological polar surface area (TPSA) is 141 Å². The third-order valence-electron chi connectivity index (χ3n) is 7.24. The second kappa shape index (κ2) is 14.2. The van der Waals surface area contributed by atoms with Crippen LogP contribution in [0, 0.1) is 6.92 Å². The van der Waals surface area contributed by atoms with Crippen LogP contribution in [0.3, 0.4) is 0 Å². The zero-order valence-electron chi connectivity index (χ0n) is 25.5. The molecule has 0 aliphatic carbocycles. The summed E-state index contributed by atoms with van der Waals surface area (Å²) in [5, 5.41) is 4.55. The normalized spacial score (nSPS) is 11.2. The Morgan fingerprint density at radius 2 is 1.60 bits per heavy atom. The van der Waals surface area contributed by atoms with Crippen molar-refractivity contribution in [3.63, 3.8) is 0 Å². The van der Waals surface area contributed by atoms with Gasteiger partial charge in [-0.2, -0.15) is 13.2 Å². The number of benzene rings is 3. The number of nitrogens with zero attached hydrogens (tertiary/aromatic N) is 1. The van der Waals surface area contributed by atoms with Gasteiger partial charge in [0.25, 0.3) is 5.91 Å². The van der Waals surface area contributed by atoms with Crippen LogP contribution in [0.5, 0.6) is 5.75 Å². The predicted octanol–water partition coefficient (Wildman–Crippen LogP) is 5.93. The van der Waals surface area contributed by atoms with Crippen LogP contribution in [0.25, 0.3) is 5.52 Å². The molecular weight excluding hydrogens is 629 g/mol. The van der Waals surface area contributed by atoms with E-state index < -0.39 is 41.0 Å². The smallest absolute Gasteiger partial charge is 0.471 e. The van der Waals surface area contributed by atoms with Gasteiger partial charge >= 0.3 is 18.1 Å². The molecule has 5 rings (SSSR count). The molecule has 3 aromatic carbocycles. The van der Waals surface area contributed by atoms with Crippen molar-refractivity contribution < 1.29 is 41.8 Å². The summed E-state index contributed by atoms with van der Waals surface area (Å²) in [5.74, 6) is -4.00. The Kier molecular flexibility index (Phi) is 9.90. The van der Waals surface area contributed by atoms with Gasteiger partial charge in [-0.05, 0) is 61.0 Å². The maximum Gasteiger partial charge on any atom is 0.471 e. The number of nitrogens with two attached hydrogens (primary N) is 1. The molecule has 0 unspecified atom stereocenters. The van der Waals surface area contributed by atoms with Crippen LogP contribution < -0.4 is 21.1 Å². The fraction of sp³-hybridized carbons (Fsp3) is 0.143. The van der Waals surface area contributed by atoms with E-state index in [-0.39, 0.29) is 24.5 Å². The van der Waals surface area contributed by atoms with Gasteiger partial charge in [0.05, 0.1) is 28.1 Å². The highest BCUT2D eigenvalue weighted by atomic mass is 19.4. The highest BCUT2D eigenvalue weighted by Crippen LogP contribution is 2.32. The highest BCUT2D eigenvalue weighted by Gasteiger charge is 2.39. The van der Waals surface area contributed by atoms with Gasteiger partial charge in [-0.1, -0.05) is 42.5 Å². The Balaban J connectivity index is 1.50. The zero-order chi connectivity index (χ0) is 34.4. The van der Waals surface area contributed by atoms with Crippen molar-refractivity contribution in [1.82, 2.24) is 4.40 Å². The number of hydrogen-bond donors (Lipinski definition) is 3. The third-order valence-corrected chi connectivity index (χ3v) is 7.24. The Bertz CT molecular complexity index is 2010. The van der Waals surface area contributed by atoms with Gasteiger partial charge in [0.15, 0.2) is 0 Å². The molecule has 0 atom stereocenters. The van der Waals surface area contributed by atoms with Crippen LogP contribution in [-0.4, -0.2) is 47.3 Å². The molecular formula is C35H29F3N4O6. The SMILES string of the molecule is Cc1c(NC(=O)c2cccc(OCCN)c2)c2ccccn2c1C(=O)c1ccc(NC(=O)C(F)(F)F)c(C(=O)OCc2ccccc2)c1. The van der Waals surface area contributed by atoms with E-state index in [2.05, 4.69) is 5.32 Å². The van der Waals surface area contributed by atoms with E-state index in [0.29, 0.717) is 40.2 Å². The van der Waals surface area contributed by atoms with Gasteiger partial charge in [0.1, 0.15) is 19.0 Å². The number of aromatic nitrogens is 1. The van der Waals surface area contributed by atoms with Gasteiger partial charge in [0.2, 0.25) is 5.78 Å². The number of ketones is 1. The molecule has 0 saturated carbocycles. The van der Waals surface area contributed by atoms with Crippen molar-refractivity contribution in [2.75, 3.05) is 23.8 Å².